The summed E-state index contributed by atoms with van der Waals surface area (Å²) in [5.74, 6) is 0.793. The van der Waals surface area contributed by atoms with Crippen LogP contribution < -0.4 is 5.32 Å². The smallest absolute Gasteiger partial charge is 0.272 e. The van der Waals surface area contributed by atoms with E-state index in [1.54, 1.807) is 6.20 Å². The lowest BCUT2D eigenvalue weighted by atomic mass is 9.99. The third-order valence-electron chi connectivity index (χ3n) is 3.63. The highest BCUT2D eigenvalue weighted by atomic mass is 16.2. The Kier molecular flexibility index (Phi) is 4.77. The number of hydrogen-bond donors (Lipinski definition) is 1. The highest BCUT2D eigenvalue weighted by Gasteiger charge is 2.22. The first-order valence-electron chi connectivity index (χ1n) is 7.20. The second-order valence-corrected chi connectivity index (χ2v) is 5.33. The third-order valence-corrected chi connectivity index (χ3v) is 3.63. The standard InChI is InChI=1S/C15H23N3O/c1-3-7-16-13-4-8-17-14(11-13)15(19)18-9-5-12(2)6-10-18/h4,8,11-12H,3,5-7,9-10H2,1-2H3,(H,16,17). The molecule has 1 aliphatic rings. The van der Waals surface area contributed by atoms with Gasteiger partial charge in [-0.15, -0.1) is 0 Å². The number of likely N-dealkylation sites (tertiary alicyclic amines) is 1. The fraction of sp³-hybridized carbons (Fsp3) is 0.600. The van der Waals surface area contributed by atoms with Crippen LogP contribution in [0.3, 0.4) is 0 Å². The molecule has 0 spiro atoms. The van der Waals surface area contributed by atoms with Crippen LogP contribution in [0.2, 0.25) is 0 Å². The molecule has 104 valence electrons. The molecule has 2 rings (SSSR count). The Morgan fingerprint density at radius 1 is 1.47 bits per heavy atom. The first kappa shape index (κ1) is 13.8. The first-order chi connectivity index (χ1) is 9.20. The predicted molar refractivity (Wildman–Crippen MR) is 77.3 cm³/mol. The molecule has 0 aliphatic carbocycles. The molecule has 0 atom stereocenters. The fourth-order valence-electron chi connectivity index (χ4n) is 2.30. The van der Waals surface area contributed by atoms with Gasteiger partial charge in [0.05, 0.1) is 0 Å². The lowest BCUT2D eigenvalue weighted by Gasteiger charge is -2.30. The highest BCUT2D eigenvalue weighted by Crippen LogP contribution is 2.18. The number of nitrogens with zero attached hydrogens (tertiary/aromatic N) is 2. The van der Waals surface area contributed by atoms with Gasteiger partial charge in [0, 0.05) is 31.5 Å². The molecule has 1 aromatic heterocycles. The summed E-state index contributed by atoms with van der Waals surface area (Å²) in [5, 5.41) is 3.29. The first-order valence-corrected chi connectivity index (χ1v) is 7.20. The second-order valence-electron chi connectivity index (χ2n) is 5.33. The van der Waals surface area contributed by atoms with Gasteiger partial charge in [-0.05, 0) is 37.3 Å². The largest absolute Gasteiger partial charge is 0.385 e. The lowest BCUT2D eigenvalue weighted by Crippen LogP contribution is -2.38. The topological polar surface area (TPSA) is 45.2 Å². The van der Waals surface area contributed by atoms with Gasteiger partial charge in [0.1, 0.15) is 5.69 Å². The summed E-state index contributed by atoms with van der Waals surface area (Å²) < 4.78 is 0. The zero-order valence-corrected chi connectivity index (χ0v) is 11.9. The van der Waals surface area contributed by atoms with Crippen LogP contribution >= 0.6 is 0 Å². The minimum Gasteiger partial charge on any atom is -0.385 e. The number of hydrogen-bond acceptors (Lipinski definition) is 3. The molecule has 0 aromatic carbocycles. The van der Waals surface area contributed by atoms with Crippen LogP contribution in [0.5, 0.6) is 0 Å². The van der Waals surface area contributed by atoms with Gasteiger partial charge in [0.25, 0.3) is 5.91 Å². The van der Waals surface area contributed by atoms with Gasteiger partial charge in [-0.25, -0.2) is 0 Å². The van der Waals surface area contributed by atoms with Crippen molar-refractivity contribution in [1.29, 1.82) is 0 Å². The summed E-state index contributed by atoms with van der Waals surface area (Å²) in [7, 11) is 0. The van der Waals surface area contributed by atoms with Crippen LogP contribution in [0, 0.1) is 5.92 Å². The summed E-state index contributed by atoms with van der Waals surface area (Å²) in [6.07, 6.45) is 4.96. The molecular weight excluding hydrogens is 238 g/mol. The third kappa shape index (κ3) is 3.69. The summed E-state index contributed by atoms with van der Waals surface area (Å²) in [6.45, 7) is 6.99. The Hall–Kier alpha value is -1.58. The van der Waals surface area contributed by atoms with Crippen LogP contribution in [-0.4, -0.2) is 35.4 Å². The molecule has 0 saturated carbocycles. The van der Waals surface area contributed by atoms with Gasteiger partial charge in [0.2, 0.25) is 0 Å². The zero-order valence-electron chi connectivity index (χ0n) is 11.9. The monoisotopic (exact) mass is 261 g/mol. The Morgan fingerprint density at radius 2 is 2.21 bits per heavy atom. The van der Waals surface area contributed by atoms with Crippen molar-refractivity contribution in [2.75, 3.05) is 25.0 Å². The van der Waals surface area contributed by atoms with Gasteiger partial charge in [-0.1, -0.05) is 13.8 Å². The maximum atomic E-state index is 12.4. The molecule has 1 fully saturated rings. The number of aromatic nitrogens is 1. The van der Waals surface area contributed by atoms with E-state index in [0.29, 0.717) is 5.69 Å². The number of carbonyl (C=O) groups is 1. The number of anilines is 1. The lowest BCUT2D eigenvalue weighted by molar-refractivity contribution is 0.0691. The minimum atomic E-state index is 0.0621. The van der Waals surface area contributed by atoms with Crippen molar-refractivity contribution in [3.8, 4) is 0 Å². The molecule has 1 amide bonds. The fourth-order valence-corrected chi connectivity index (χ4v) is 2.30. The van der Waals surface area contributed by atoms with E-state index in [4.69, 9.17) is 0 Å². The average molecular weight is 261 g/mol. The Balaban J connectivity index is 2.02. The quantitative estimate of drug-likeness (QED) is 0.906. The van der Waals surface area contributed by atoms with Gasteiger partial charge in [-0.3, -0.25) is 9.78 Å². The molecule has 1 saturated heterocycles. The highest BCUT2D eigenvalue weighted by molar-refractivity contribution is 5.93. The zero-order chi connectivity index (χ0) is 13.7. The molecule has 4 nitrogen and oxygen atoms in total. The van der Waals surface area contributed by atoms with E-state index in [2.05, 4.69) is 24.1 Å². The Bertz CT molecular complexity index is 425. The van der Waals surface area contributed by atoms with E-state index in [9.17, 15) is 4.79 Å². The van der Waals surface area contributed by atoms with Crippen LogP contribution in [-0.2, 0) is 0 Å². The number of carbonyl (C=O) groups excluding carboxylic acids is 1. The van der Waals surface area contributed by atoms with Crippen LogP contribution in [0.15, 0.2) is 18.3 Å². The number of piperidine rings is 1. The van der Waals surface area contributed by atoms with Gasteiger partial charge < -0.3 is 10.2 Å². The Labute approximate surface area is 115 Å². The summed E-state index contributed by atoms with van der Waals surface area (Å²) in [4.78, 5) is 18.5. The maximum absolute atomic E-state index is 12.4. The average Bonchev–Trinajstić information content (AvgIpc) is 2.45. The van der Waals surface area contributed by atoms with Crippen LogP contribution in [0.1, 0.15) is 43.6 Å². The molecular formula is C15H23N3O. The molecule has 19 heavy (non-hydrogen) atoms. The summed E-state index contributed by atoms with van der Waals surface area (Å²) in [6, 6.07) is 3.76. The van der Waals surface area contributed by atoms with Crippen molar-refractivity contribution in [2.45, 2.75) is 33.1 Å². The van der Waals surface area contributed by atoms with Gasteiger partial charge >= 0.3 is 0 Å². The van der Waals surface area contributed by atoms with E-state index in [-0.39, 0.29) is 5.91 Å². The van der Waals surface area contributed by atoms with E-state index in [1.165, 1.54) is 0 Å². The number of amides is 1. The van der Waals surface area contributed by atoms with Crippen LogP contribution in [0.25, 0.3) is 0 Å². The van der Waals surface area contributed by atoms with Crippen molar-refractivity contribution in [3.63, 3.8) is 0 Å². The SMILES string of the molecule is CCCNc1ccnc(C(=O)N2CCC(C)CC2)c1. The minimum absolute atomic E-state index is 0.0621. The molecule has 4 heteroatoms. The van der Waals surface area contributed by atoms with Crippen LogP contribution in [0.4, 0.5) is 5.69 Å². The van der Waals surface area contributed by atoms with E-state index in [1.807, 2.05) is 17.0 Å². The molecule has 2 heterocycles. The molecule has 1 aliphatic heterocycles. The summed E-state index contributed by atoms with van der Waals surface area (Å²) in [5.41, 5.74) is 1.53. The second kappa shape index (κ2) is 6.55. The van der Waals surface area contributed by atoms with Crippen molar-refractivity contribution >= 4 is 11.6 Å². The molecule has 0 unspecified atom stereocenters. The van der Waals surface area contributed by atoms with E-state index >= 15 is 0 Å². The van der Waals surface area contributed by atoms with E-state index in [0.717, 1.165) is 50.5 Å². The van der Waals surface area contributed by atoms with Crippen molar-refractivity contribution in [3.05, 3.63) is 24.0 Å². The Morgan fingerprint density at radius 3 is 2.89 bits per heavy atom. The number of nitrogens with one attached hydrogen (secondary N) is 1. The van der Waals surface area contributed by atoms with Crippen molar-refractivity contribution in [1.82, 2.24) is 9.88 Å². The van der Waals surface area contributed by atoms with Crippen molar-refractivity contribution < 1.29 is 4.79 Å². The molecule has 1 aromatic rings. The molecule has 0 radical (unpaired) electrons. The van der Waals surface area contributed by atoms with Gasteiger partial charge in [0.15, 0.2) is 0 Å². The predicted octanol–water partition coefficient (Wildman–Crippen LogP) is 2.78. The number of pyridine rings is 1. The normalized spacial score (nSPS) is 16.4. The van der Waals surface area contributed by atoms with Gasteiger partial charge in [-0.2, -0.15) is 0 Å². The van der Waals surface area contributed by atoms with E-state index < -0.39 is 0 Å². The molecule has 0 bridgehead atoms. The number of rotatable bonds is 4. The van der Waals surface area contributed by atoms with Crippen molar-refractivity contribution in [2.24, 2.45) is 5.92 Å². The summed E-state index contributed by atoms with van der Waals surface area (Å²) >= 11 is 0. The maximum Gasteiger partial charge on any atom is 0.272 e. The molecule has 1 N–H and O–H groups in total.